The van der Waals surface area contributed by atoms with Gasteiger partial charge >= 0.3 is 0 Å². The second kappa shape index (κ2) is 5.44. The van der Waals surface area contributed by atoms with Gasteiger partial charge in [0, 0.05) is 34.2 Å². The third-order valence-electron chi connectivity index (χ3n) is 2.62. The van der Waals surface area contributed by atoms with Gasteiger partial charge in [-0.1, -0.05) is 0 Å². The summed E-state index contributed by atoms with van der Waals surface area (Å²) in [5.74, 6) is 0. The lowest BCUT2D eigenvalue weighted by Crippen LogP contribution is -2.22. The lowest BCUT2D eigenvalue weighted by Gasteiger charge is -2.10. The molecule has 0 bridgehead atoms. The lowest BCUT2D eigenvalue weighted by molar-refractivity contribution is 0.105. The first kappa shape index (κ1) is 12.3. The van der Waals surface area contributed by atoms with Crippen LogP contribution in [-0.2, 0) is 0 Å². The third kappa shape index (κ3) is 2.74. The van der Waals surface area contributed by atoms with Gasteiger partial charge < -0.3 is 20.5 Å². The first-order valence-electron chi connectivity index (χ1n) is 5.42. The van der Waals surface area contributed by atoms with Gasteiger partial charge in [0.05, 0.1) is 12.7 Å². The van der Waals surface area contributed by atoms with E-state index in [-0.39, 0.29) is 6.61 Å². The van der Waals surface area contributed by atoms with Gasteiger partial charge in [0.15, 0.2) is 0 Å². The maximum Gasteiger partial charge on any atom is 0.0942 e. The Hall–Kier alpha value is -1.17. The van der Waals surface area contributed by atoms with Crippen LogP contribution < -0.4 is 5.32 Å². The van der Waals surface area contributed by atoms with Crippen LogP contribution in [0.2, 0.25) is 0 Å². The molecule has 92 valence electrons. The van der Waals surface area contributed by atoms with Crippen molar-refractivity contribution >= 4 is 28.4 Å². The Balaban J connectivity index is 2.18. The van der Waals surface area contributed by atoms with Crippen molar-refractivity contribution in [3.8, 4) is 0 Å². The van der Waals surface area contributed by atoms with Crippen molar-refractivity contribution in [2.75, 3.05) is 24.7 Å². The Morgan fingerprint density at radius 2 is 2.29 bits per heavy atom. The highest BCUT2D eigenvalue weighted by Gasteiger charge is 2.05. The van der Waals surface area contributed by atoms with E-state index in [9.17, 15) is 5.11 Å². The molecule has 1 aromatic heterocycles. The van der Waals surface area contributed by atoms with Crippen LogP contribution in [0.25, 0.3) is 10.9 Å². The van der Waals surface area contributed by atoms with Gasteiger partial charge in [-0.15, -0.1) is 11.8 Å². The number of hydrogen-bond acceptors (Lipinski definition) is 4. The van der Waals surface area contributed by atoms with Crippen molar-refractivity contribution < 1.29 is 10.2 Å². The number of fused-ring (bicyclic) bond motifs is 1. The standard InChI is InChI=1S/C12H16N2O2S/c1-17-12-6-14-11-3-2-8(4-10(11)12)13-5-9(16)7-15/h2-4,6,9,13-16H,5,7H2,1H3. The fourth-order valence-electron chi connectivity index (χ4n) is 1.67. The maximum absolute atomic E-state index is 9.27. The monoisotopic (exact) mass is 252 g/mol. The molecule has 4 N–H and O–H groups in total. The molecule has 1 unspecified atom stereocenters. The fourth-order valence-corrected chi connectivity index (χ4v) is 2.24. The third-order valence-corrected chi connectivity index (χ3v) is 3.39. The van der Waals surface area contributed by atoms with Crippen LogP contribution in [0.15, 0.2) is 29.3 Å². The van der Waals surface area contributed by atoms with E-state index in [4.69, 9.17) is 5.11 Å². The number of H-pyrrole nitrogens is 1. The summed E-state index contributed by atoms with van der Waals surface area (Å²) in [5.41, 5.74) is 2.04. The molecule has 1 aromatic carbocycles. The average molecular weight is 252 g/mol. The van der Waals surface area contributed by atoms with Crippen molar-refractivity contribution in [3.63, 3.8) is 0 Å². The number of aromatic nitrogens is 1. The molecule has 0 amide bonds. The van der Waals surface area contributed by atoms with Crippen LogP contribution >= 0.6 is 11.8 Å². The predicted molar refractivity (Wildman–Crippen MR) is 71.7 cm³/mol. The van der Waals surface area contributed by atoms with Crippen molar-refractivity contribution in [1.29, 1.82) is 0 Å². The molecule has 17 heavy (non-hydrogen) atoms. The first-order valence-corrected chi connectivity index (χ1v) is 6.65. The number of rotatable bonds is 5. The second-order valence-corrected chi connectivity index (χ2v) is 4.68. The highest BCUT2D eigenvalue weighted by atomic mass is 32.2. The van der Waals surface area contributed by atoms with Crippen LogP contribution in [0, 0.1) is 0 Å². The number of aromatic amines is 1. The summed E-state index contributed by atoms with van der Waals surface area (Å²) in [4.78, 5) is 4.40. The summed E-state index contributed by atoms with van der Waals surface area (Å²) in [6.45, 7) is 0.122. The van der Waals surface area contributed by atoms with Crippen molar-refractivity contribution in [2.45, 2.75) is 11.0 Å². The zero-order chi connectivity index (χ0) is 12.3. The average Bonchev–Trinajstić information content (AvgIpc) is 2.78. The first-order chi connectivity index (χ1) is 8.24. The van der Waals surface area contributed by atoms with E-state index >= 15 is 0 Å². The van der Waals surface area contributed by atoms with Crippen molar-refractivity contribution in [3.05, 3.63) is 24.4 Å². The Morgan fingerprint density at radius 3 is 3.00 bits per heavy atom. The fraction of sp³-hybridized carbons (Fsp3) is 0.333. The van der Waals surface area contributed by atoms with Gasteiger partial charge in [-0.25, -0.2) is 0 Å². The molecular weight excluding hydrogens is 236 g/mol. The SMILES string of the molecule is CSc1c[nH]c2ccc(NCC(O)CO)cc12. The molecule has 0 aliphatic heterocycles. The minimum Gasteiger partial charge on any atom is -0.394 e. The number of anilines is 1. The number of hydrogen-bond donors (Lipinski definition) is 4. The highest BCUT2D eigenvalue weighted by molar-refractivity contribution is 7.98. The van der Waals surface area contributed by atoms with E-state index in [1.165, 1.54) is 10.3 Å². The summed E-state index contributed by atoms with van der Waals surface area (Å²) in [7, 11) is 0. The lowest BCUT2D eigenvalue weighted by atomic mass is 10.2. The van der Waals surface area contributed by atoms with Gasteiger partial charge in [-0.3, -0.25) is 0 Å². The largest absolute Gasteiger partial charge is 0.394 e. The van der Waals surface area contributed by atoms with Gasteiger partial charge in [0.2, 0.25) is 0 Å². The number of thioether (sulfide) groups is 1. The maximum atomic E-state index is 9.27. The molecule has 0 radical (unpaired) electrons. The molecule has 2 rings (SSSR count). The van der Waals surface area contributed by atoms with Crippen LogP contribution in [-0.4, -0.2) is 40.7 Å². The quantitative estimate of drug-likeness (QED) is 0.611. The minimum atomic E-state index is -0.725. The number of benzene rings is 1. The van der Waals surface area contributed by atoms with E-state index in [0.29, 0.717) is 6.54 Å². The van der Waals surface area contributed by atoms with Crippen molar-refractivity contribution in [2.24, 2.45) is 0 Å². The summed E-state index contributed by atoms with van der Waals surface area (Å²) in [6, 6.07) is 6.00. The summed E-state index contributed by atoms with van der Waals surface area (Å²) in [6.07, 6.45) is 3.30. The molecule has 5 heteroatoms. The van der Waals surface area contributed by atoms with Crippen molar-refractivity contribution in [1.82, 2.24) is 4.98 Å². The molecule has 0 saturated carbocycles. The zero-order valence-electron chi connectivity index (χ0n) is 9.60. The van der Waals surface area contributed by atoms with Crippen LogP contribution in [0.4, 0.5) is 5.69 Å². The molecule has 0 saturated heterocycles. The number of aliphatic hydroxyl groups excluding tert-OH is 2. The smallest absolute Gasteiger partial charge is 0.0942 e. The molecule has 1 heterocycles. The Bertz CT molecular complexity index is 498. The van der Waals surface area contributed by atoms with Crippen LogP contribution in [0.5, 0.6) is 0 Å². The van der Waals surface area contributed by atoms with Gasteiger partial charge in [-0.05, 0) is 24.5 Å². The molecule has 0 aliphatic rings. The van der Waals surface area contributed by atoms with E-state index in [1.54, 1.807) is 11.8 Å². The van der Waals surface area contributed by atoms with Crippen LogP contribution in [0.3, 0.4) is 0 Å². The molecule has 1 atom stereocenters. The molecule has 0 spiro atoms. The summed E-state index contributed by atoms with van der Waals surface area (Å²) in [5, 5.41) is 22.3. The Labute approximate surface area is 104 Å². The van der Waals surface area contributed by atoms with Gasteiger partial charge in [0.1, 0.15) is 0 Å². The zero-order valence-corrected chi connectivity index (χ0v) is 10.4. The second-order valence-electron chi connectivity index (χ2n) is 3.83. The predicted octanol–water partition coefficient (Wildman–Crippen LogP) is 1.65. The van der Waals surface area contributed by atoms with Gasteiger partial charge in [0.25, 0.3) is 0 Å². The van der Waals surface area contributed by atoms with Crippen LogP contribution in [0.1, 0.15) is 0 Å². The molecular formula is C12H16N2O2S. The highest BCUT2D eigenvalue weighted by Crippen LogP contribution is 2.28. The molecule has 2 aromatic rings. The normalized spacial score (nSPS) is 12.9. The summed E-state index contributed by atoms with van der Waals surface area (Å²) < 4.78 is 0. The van der Waals surface area contributed by atoms with Gasteiger partial charge in [-0.2, -0.15) is 0 Å². The molecule has 4 nitrogen and oxygen atoms in total. The van der Waals surface area contributed by atoms with E-state index in [2.05, 4.69) is 10.3 Å². The van der Waals surface area contributed by atoms with E-state index < -0.39 is 6.10 Å². The Morgan fingerprint density at radius 1 is 1.47 bits per heavy atom. The molecule has 0 fully saturated rings. The molecule has 0 aliphatic carbocycles. The minimum absolute atomic E-state index is 0.227. The topological polar surface area (TPSA) is 68.3 Å². The number of aliphatic hydroxyl groups is 2. The summed E-state index contributed by atoms with van der Waals surface area (Å²) >= 11 is 1.69. The van der Waals surface area contributed by atoms with E-state index in [1.807, 2.05) is 30.7 Å². The Kier molecular flexibility index (Phi) is 3.93. The van der Waals surface area contributed by atoms with E-state index in [0.717, 1.165) is 11.2 Å². The number of nitrogens with one attached hydrogen (secondary N) is 2.